The van der Waals surface area contributed by atoms with Gasteiger partial charge in [-0.3, -0.25) is 0 Å². The number of hydrogen-bond donors (Lipinski definition) is 0. The minimum Gasteiger partial charge on any atom is -0.458 e. The number of hydrogen-bond acceptors (Lipinski definition) is 2. The van der Waals surface area contributed by atoms with Gasteiger partial charge >= 0.3 is 0 Å². The molecule has 0 spiro atoms. The van der Waals surface area contributed by atoms with Crippen molar-refractivity contribution in [2.45, 2.75) is 13.5 Å². The van der Waals surface area contributed by atoms with Gasteiger partial charge in [-0.1, -0.05) is 23.7 Å². The lowest BCUT2D eigenvalue weighted by Crippen LogP contribution is -2.02. The number of halogens is 2. The Morgan fingerprint density at radius 3 is 2.58 bits per heavy atom. The van der Waals surface area contributed by atoms with Crippen LogP contribution in [0.15, 0.2) is 59.0 Å². The van der Waals surface area contributed by atoms with E-state index in [2.05, 4.69) is 4.98 Å². The van der Waals surface area contributed by atoms with Gasteiger partial charge in [-0.15, -0.1) is 0 Å². The van der Waals surface area contributed by atoms with Crippen molar-refractivity contribution in [3.8, 4) is 11.6 Å². The van der Waals surface area contributed by atoms with Crippen molar-refractivity contribution in [2.75, 3.05) is 0 Å². The maximum atomic E-state index is 13.7. The molecule has 0 aliphatic heterocycles. The normalized spacial score (nSPS) is 11.3. The van der Waals surface area contributed by atoms with Crippen molar-refractivity contribution in [1.29, 1.82) is 0 Å². The Morgan fingerprint density at radius 2 is 1.88 bits per heavy atom. The van der Waals surface area contributed by atoms with Gasteiger partial charge in [-0.2, -0.15) is 0 Å². The average Bonchev–Trinajstić information content (AvgIpc) is 3.14. The molecule has 0 unspecified atom stereocenters. The fourth-order valence-corrected chi connectivity index (χ4v) is 2.90. The summed E-state index contributed by atoms with van der Waals surface area (Å²) in [5.74, 6) is 1.86. The van der Waals surface area contributed by atoms with E-state index in [0.29, 0.717) is 23.2 Å². The molecule has 5 heteroatoms. The van der Waals surface area contributed by atoms with Crippen LogP contribution in [-0.2, 0) is 6.54 Å². The van der Waals surface area contributed by atoms with E-state index in [1.165, 1.54) is 12.1 Å². The first-order valence-corrected chi connectivity index (χ1v) is 7.95. The van der Waals surface area contributed by atoms with Gasteiger partial charge in [0.2, 0.25) is 0 Å². The van der Waals surface area contributed by atoms with Crippen molar-refractivity contribution >= 4 is 22.6 Å². The summed E-state index contributed by atoms with van der Waals surface area (Å²) >= 11 is 5.96. The second kappa shape index (κ2) is 5.80. The van der Waals surface area contributed by atoms with Gasteiger partial charge in [0, 0.05) is 11.6 Å². The zero-order chi connectivity index (χ0) is 16.7. The molecule has 3 nitrogen and oxygen atoms in total. The second-order valence-electron chi connectivity index (χ2n) is 5.69. The van der Waals surface area contributed by atoms with Gasteiger partial charge in [0.25, 0.3) is 0 Å². The van der Waals surface area contributed by atoms with Crippen LogP contribution in [0.25, 0.3) is 22.6 Å². The van der Waals surface area contributed by atoms with Crippen molar-refractivity contribution in [3.63, 3.8) is 0 Å². The molecule has 0 saturated heterocycles. The largest absolute Gasteiger partial charge is 0.458 e. The number of benzene rings is 2. The van der Waals surface area contributed by atoms with Gasteiger partial charge in [0.05, 0.1) is 11.0 Å². The van der Waals surface area contributed by atoms with E-state index in [4.69, 9.17) is 16.0 Å². The highest BCUT2D eigenvalue weighted by molar-refractivity contribution is 6.30. The molecule has 0 radical (unpaired) electrons. The molecule has 0 atom stereocenters. The number of aromatic nitrogens is 2. The molecule has 0 bridgehead atoms. The van der Waals surface area contributed by atoms with Gasteiger partial charge in [-0.25, -0.2) is 9.37 Å². The summed E-state index contributed by atoms with van der Waals surface area (Å²) in [5.41, 5.74) is 2.51. The molecule has 0 fully saturated rings. The van der Waals surface area contributed by atoms with Gasteiger partial charge < -0.3 is 8.98 Å². The lowest BCUT2D eigenvalue weighted by molar-refractivity contribution is 0.540. The monoisotopic (exact) mass is 340 g/mol. The summed E-state index contributed by atoms with van der Waals surface area (Å²) in [6, 6.07) is 15.9. The highest BCUT2D eigenvalue weighted by atomic mass is 35.5. The number of nitrogens with zero attached hydrogens (tertiary/aromatic N) is 2. The molecule has 4 rings (SSSR count). The Labute approximate surface area is 143 Å². The van der Waals surface area contributed by atoms with Gasteiger partial charge in [-0.05, 0) is 55.0 Å². The van der Waals surface area contributed by atoms with E-state index in [1.54, 1.807) is 6.07 Å². The van der Waals surface area contributed by atoms with Gasteiger partial charge in [0.1, 0.15) is 11.6 Å². The van der Waals surface area contributed by atoms with Crippen LogP contribution in [0.5, 0.6) is 0 Å². The summed E-state index contributed by atoms with van der Waals surface area (Å²) in [5, 5.41) is 0.683. The summed E-state index contributed by atoms with van der Waals surface area (Å²) in [4.78, 5) is 4.63. The number of imidazole rings is 1. The molecule has 2 heterocycles. The number of furan rings is 1. The topological polar surface area (TPSA) is 31.0 Å². The standard InChI is InChI=1S/C19H14ClFN2O/c1-12-2-9-18(24-12)19-22-16-8-7-15(21)10-17(16)23(19)11-13-3-5-14(20)6-4-13/h2-10H,11H2,1H3. The molecule has 120 valence electrons. The minimum absolute atomic E-state index is 0.290. The molecule has 4 aromatic rings. The highest BCUT2D eigenvalue weighted by Crippen LogP contribution is 2.28. The average molecular weight is 341 g/mol. The van der Waals surface area contributed by atoms with Crippen molar-refractivity contribution in [1.82, 2.24) is 9.55 Å². The predicted octanol–water partition coefficient (Wildman–Crippen LogP) is 5.45. The van der Waals surface area contributed by atoms with Crippen LogP contribution in [0.4, 0.5) is 4.39 Å². The molecule has 24 heavy (non-hydrogen) atoms. The molecule has 2 aromatic heterocycles. The summed E-state index contributed by atoms with van der Waals surface area (Å²) in [6.07, 6.45) is 0. The van der Waals surface area contributed by atoms with E-state index in [1.807, 2.05) is 47.9 Å². The van der Waals surface area contributed by atoms with Crippen LogP contribution in [-0.4, -0.2) is 9.55 Å². The lowest BCUT2D eigenvalue weighted by atomic mass is 10.2. The zero-order valence-corrected chi connectivity index (χ0v) is 13.7. The van der Waals surface area contributed by atoms with E-state index >= 15 is 0 Å². The quantitative estimate of drug-likeness (QED) is 0.497. The third-order valence-corrected chi connectivity index (χ3v) is 4.18. The van der Waals surface area contributed by atoms with E-state index < -0.39 is 0 Å². The lowest BCUT2D eigenvalue weighted by Gasteiger charge is -2.08. The molecule has 0 N–H and O–H groups in total. The Morgan fingerprint density at radius 1 is 1.08 bits per heavy atom. The Kier molecular flexibility index (Phi) is 3.62. The third-order valence-electron chi connectivity index (χ3n) is 3.92. The first-order chi connectivity index (χ1) is 11.6. The van der Waals surface area contributed by atoms with Crippen LogP contribution in [0.3, 0.4) is 0 Å². The Balaban J connectivity index is 1.89. The van der Waals surface area contributed by atoms with Crippen LogP contribution in [0, 0.1) is 12.7 Å². The van der Waals surface area contributed by atoms with Crippen LogP contribution < -0.4 is 0 Å². The van der Waals surface area contributed by atoms with E-state index in [9.17, 15) is 4.39 Å². The van der Waals surface area contributed by atoms with Crippen molar-refractivity contribution in [3.05, 3.63) is 76.8 Å². The van der Waals surface area contributed by atoms with Gasteiger partial charge in [0.15, 0.2) is 11.6 Å². The minimum atomic E-state index is -0.290. The Hall–Kier alpha value is -2.59. The van der Waals surface area contributed by atoms with E-state index in [-0.39, 0.29) is 5.82 Å². The Bertz CT molecular complexity index is 1020. The molecule has 2 aromatic carbocycles. The number of fused-ring (bicyclic) bond motifs is 1. The molecular formula is C19H14ClFN2O. The fourth-order valence-electron chi connectivity index (χ4n) is 2.77. The molecule has 0 aliphatic rings. The first-order valence-electron chi connectivity index (χ1n) is 7.57. The predicted molar refractivity (Wildman–Crippen MR) is 92.7 cm³/mol. The molecule has 0 aliphatic carbocycles. The zero-order valence-electron chi connectivity index (χ0n) is 13.0. The second-order valence-corrected chi connectivity index (χ2v) is 6.13. The smallest absolute Gasteiger partial charge is 0.177 e. The molecule has 0 saturated carbocycles. The SMILES string of the molecule is Cc1ccc(-c2nc3ccc(F)cc3n2Cc2ccc(Cl)cc2)o1. The maximum Gasteiger partial charge on any atom is 0.177 e. The van der Waals surface area contributed by atoms with Crippen LogP contribution in [0.1, 0.15) is 11.3 Å². The van der Waals surface area contributed by atoms with Crippen molar-refractivity contribution < 1.29 is 8.81 Å². The summed E-state index contributed by atoms with van der Waals surface area (Å²) in [7, 11) is 0. The van der Waals surface area contributed by atoms with Crippen molar-refractivity contribution in [2.24, 2.45) is 0 Å². The molecule has 0 amide bonds. The summed E-state index contributed by atoms with van der Waals surface area (Å²) in [6.45, 7) is 2.43. The first kappa shape index (κ1) is 15.0. The number of rotatable bonds is 3. The molecular weight excluding hydrogens is 327 g/mol. The maximum absolute atomic E-state index is 13.7. The summed E-state index contributed by atoms with van der Waals surface area (Å²) < 4.78 is 21.4. The highest BCUT2D eigenvalue weighted by Gasteiger charge is 2.16. The third kappa shape index (κ3) is 2.69. The van der Waals surface area contributed by atoms with E-state index in [0.717, 1.165) is 22.4 Å². The van der Waals surface area contributed by atoms with Crippen LogP contribution >= 0.6 is 11.6 Å². The van der Waals surface area contributed by atoms with Crippen LogP contribution in [0.2, 0.25) is 5.02 Å². The fraction of sp³-hybridized carbons (Fsp3) is 0.105. The number of aryl methyl sites for hydroxylation is 1.